The molecule has 1 aromatic carbocycles. The SMILES string of the molecule is NC1=NC2[C@H](CNC(=O)c3ccc(=O)[nH]n3)N=C(N)N3CC(NC(=O)c4cccc5c4CCCC5)[C@@H](O)C23N1. The molecule has 1 aliphatic carbocycles. The van der Waals surface area contributed by atoms with Gasteiger partial charge in [0.05, 0.1) is 12.1 Å². The number of nitrogens with two attached hydrogens (primary N) is 2. The number of carbonyl (C=O) groups is 2. The second kappa shape index (κ2) is 9.38. The first-order chi connectivity index (χ1) is 18.8. The molecule has 2 amide bonds. The largest absolute Gasteiger partial charge is 0.386 e. The number of fused-ring (bicyclic) bond motifs is 1. The number of benzene rings is 1. The van der Waals surface area contributed by atoms with E-state index in [1.54, 1.807) is 4.90 Å². The molecule has 0 bridgehead atoms. The Morgan fingerprint density at radius 2 is 1.95 bits per heavy atom. The molecule has 0 radical (unpaired) electrons. The second-order valence-electron chi connectivity index (χ2n) is 10.3. The van der Waals surface area contributed by atoms with Crippen molar-refractivity contribution in [3.63, 3.8) is 0 Å². The summed E-state index contributed by atoms with van der Waals surface area (Å²) in [6, 6.07) is 6.19. The number of aliphatic imine (C=N–C) groups is 2. The number of guanidine groups is 2. The average Bonchev–Trinajstić information content (AvgIpc) is 3.43. The van der Waals surface area contributed by atoms with Crippen molar-refractivity contribution in [2.24, 2.45) is 21.5 Å². The lowest BCUT2D eigenvalue weighted by Crippen LogP contribution is -2.73. The van der Waals surface area contributed by atoms with Gasteiger partial charge >= 0.3 is 0 Å². The van der Waals surface area contributed by atoms with E-state index in [0.29, 0.717) is 5.56 Å². The molecule has 3 unspecified atom stereocenters. The summed E-state index contributed by atoms with van der Waals surface area (Å²) in [5.41, 5.74) is 13.6. The van der Waals surface area contributed by atoms with E-state index in [-0.39, 0.29) is 36.6 Å². The Hall–Kier alpha value is -4.46. The normalized spacial score (nSPS) is 28.8. The van der Waals surface area contributed by atoms with Crippen molar-refractivity contribution in [2.75, 3.05) is 13.1 Å². The fourth-order valence-corrected chi connectivity index (χ4v) is 6.20. The summed E-state index contributed by atoms with van der Waals surface area (Å²) in [5, 5.41) is 26.4. The van der Waals surface area contributed by atoms with Crippen LogP contribution in [0.25, 0.3) is 0 Å². The van der Waals surface area contributed by atoms with Crippen LogP contribution in [-0.4, -0.2) is 86.9 Å². The minimum Gasteiger partial charge on any atom is -0.386 e. The van der Waals surface area contributed by atoms with Crippen LogP contribution >= 0.6 is 0 Å². The standard InChI is InChI=1S/C25H30N10O4/c26-23-31-19-16(10-28-22(39)15-8-9-18(36)34-33-15)30-24(27)35-11-17(20(37)25(19,35)32-23)29-21(38)14-7-3-5-12-4-1-2-6-13(12)14/h3,5,7-9,16-17,19-20,37H,1-2,4,6,10-11H2,(H2,27,30)(H,28,39)(H,29,38)(H,34,36)(H3,26,31,32)/t16-,17?,19?,20+,25?/m0/s1. The first-order valence-corrected chi connectivity index (χ1v) is 12.9. The average molecular weight is 535 g/mol. The van der Waals surface area contributed by atoms with Gasteiger partial charge in [-0.3, -0.25) is 14.4 Å². The molecule has 1 spiro atoms. The van der Waals surface area contributed by atoms with Crippen molar-refractivity contribution in [1.82, 2.24) is 31.0 Å². The molecule has 39 heavy (non-hydrogen) atoms. The number of aromatic amines is 1. The van der Waals surface area contributed by atoms with Crippen molar-refractivity contribution < 1.29 is 14.7 Å². The fourth-order valence-electron chi connectivity index (χ4n) is 6.20. The molecule has 4 heterocycles. The lowest BCUT2D eigenvalue weighted by Gasteiger charge is -2.46. The maximum Gasteiger partial charge on any atom is 0.271 e. The molecule has 0 saturated carbocycles. The molecule has 6 rings (SSSR count). The van der Waals surface area contributed by atoms with Crippen molar-refractivity contribution in [2.45, 2.75) is 55.6 Å². The summed E-state index contributed by atoms with van der Waals surface area (Å²) in [4.78, 5) is 47.9. The molecule has 2 aromatic rings. The minimum atomic E-state index is -1.25. The van der Waals surface area contributed by atoms with Crippen LogP contribution in [0.2, 0.25) is 0 Å². The minimum absolute atomic E-state index is 0.0129. The van der Waals surface area contributed by atoms with Gasteiger partial charge in [0.25, 0.3) is 17.4 Å². The molecule has 1 fully saturated rings. The number of carbonyl (C=O) groups excluding carboxylic acids is 2. The molecule has 5 atom stereocenters. The Kier molecular flexibility index (Phi) is 5.98. The van der Waals surface area contributed by atoms with Crippen molar-refractivity contribution in [3.8, 4) is 0 Å². The smallest absolute Gasteiger partial charge is 0.271 e. The van der Waals surface area contributed by atoms with Gasteiger partial charge < -0.3 is 37.4 Å². The van der Waals surface area contributed by atoms with Crippen molar-refractivity contribution >= 4 is 23.7 Å². The molecule has 3 aliphatic heterocycles. The molecule has 204 valence electrons. The maximum absolute atomic E-state index is 13.4. The number of aromatic nitrogens is 2. The van der Waals surface area contributed by atoms with Crippen LogP contribution in [0.1, 0.15) is 44.8 Å². The number of amides is 2. The van der Waals surface area contributed by atoms with E-state index in [9.17, 15) is 19.5 Å². The van der Waals surface area contributed by atoms with E-state index in [0.717, 1.165) is 31.2 Å². The van der Waals surface area contributed by atoms with Gasteiger partial charge in [0.15, 0.2) is 17.6 Å². The maximum atomic E-state index is 13.4. The van der Waals surface area contributed by atoms with Gasteiger partial charge in [-0.1, -0.05) is 12.1 Å². The van der Waals surface area contributed by atoms with Gasteiger partial charge in [0, 0.05) is 24.7 Å². The third-order valence-corrected chi connectivity index (χ3v) is 8.00. The highest BCUT2D eigenvalue weighted by atomic mass is 16.3. The van der Waals surface area contributed by atoms with E-state index in [1.807, 2.05) is 12.1 Å². The van der Waals surface area contributed by atoms with Crippen LogP contribution in [0.5, 0.6) is 0 Å². The van der Waals surface area contributed by atoms with Gasteiger partial charge in [-0.15, -0.1) is 0 Å². The third-order valence-electron chi connectivity index (χ3n) is 8.00. The molecule has 1 saturated heterocycles. The number of hydrogen-bond donors (Lipinski definition) is 7. The summed E-state index contributed by atoms with van der Waals surface area (Å²) in [5.74, 6) is -0.567. The second-order valence-corrected chi connectivity index (χ2v) is 10.3. The van der Waals surface area contributed by atoms with Gasteiger partial charge in [0.1, 0.15) is 17.8 Å². The van der Waals surface area contributed by atoms with E-state index in [2.05, 4.69) is 42.2 Å². The monoisotopic (exact) mass is 534 g/mol. The Balaban J connectivity index is 1.22. The predicted molar refractivity (Wildman–Crippen MR) is 141 cm³/mol. The van der Waals surface area contributed by atoms with E-state index >= 15 is 0 Å². The Morgan fingerprint density at radius 3 is 2.74 bits per heavy atom. The zero-order chi connectivity index (χ0) is 27.3. The number of nitrogens with zero attached hydrogens (tertiary/aromatic N) is 4. The van der Waals surface area contributed by atoms with Crippen LogP contribution in [0.15, 0.2) is 45.1 Å². The Bertz CT molecular complexity index is 1430. The number of nitrogens with one attached hydrogen (secondary N) is 4. The van der Waals surface area contributed by atoms with Crippen molar-refractivity contribution in [3.05, 3.63) is 63.1 Å². The number of hydrogen-bond acceptors (Lipinski definition) is 11. The molecular weight excluding hydrogens is 504 g/mol. The lowest BCUT2D eigenvalue weighted by molar-refractivity contribution is 0.0144. The quantitative estimate of drug-likeness (QED) is 0.216. The highest BCUT2D eigenvalue weighted by Gasteiger charge is 2.65. The summed E-state index contributed by atoms with van der Waals surface area (Å²) in [6.07, 6.45) is 2.78. The number of aryl methyl sites for hydroxylation is 1. The number of H-pyrrole nitrogens is 1. The van der Waals surface area contributed by atoms with Gasteiger partial charge in [-0.05, 0) is 48.9 Å². The van der Waals surface area contributed by atoms with Crippen LogP contribution in [0.3, 0.4) is 0 Å². The third kappa shape index (κ3) is 4.07. The molecule has 9 N–H and O–H groups in total. The van der Waals surface area contributed by atoms with Crippen LogP contribution in [-0.2, 0) is 12.8 Å². The molecule has 14 heteroatoms. The molecule has 4 aliphatic rings. The van der Waals surface area contributed by atoms with E-state index in [4.69, 9.17) is 11.5 Å². The van der Waals surface area contributed by atoms with E-state index in [1.165, 1.54) is 17.7 Å². The Labute approximate surface area is 223 Å². The highest BCUT2D eigenvalue weighted by Crippen LogP contribution is 2.40. The number of aliphatic hydroxyl groups is 1. The lowest BCUT2D eigenvalue weighted by atomic mass is 9.87. The topological polar surface area (TPSA) is 216 Å². The zero-order valence-corrected chi connectivity index (χ0v) is 21.1. The first-order valence-electron chi connectivity index (χ1n) is 12.9. The van der Waals surface area contributed by atoms with Crippen LogP contribution in [0.4, 0.5) is 0 Å². The summed E-state index contributed by atoms with van der Waals surface area (Å²) < 4.78 is 0. The van der Waals surface area contributed by atoms with Gasteiger partial charge in [0.2, 0.25) is 0 Å². The number of aliphatic hydroxyl groups excluding tert-OH is 1. The van der Waals surface area contributed by atoms with Crippen molar-refractivity contribution in [1.29, 1.82) is 0 Å². The van der Waals surface area contributed by atoms with Crippen LogP contribution in [0, 0.1) is 0 Å². The summed E-state index contributed by atoms with van der Waals surface area (Å²) >= 11 is 0. The highest BCUT2D eigenvalue weighted by molar-refractivity contribution is 5.97. The fraction of sp³-hybridized carbons (Fsp3) is 0.440. The van der Waals surface area contributed by atoms with Gasteiger partial charge in [-0.2, -0.15) is 5.10 Å². The summed E-state index contributed by atoms with van der Waals surface area (Å²) in [7, 11) is 0. The van der Waals surface area contributed by atoms with E-state index < -0.39 is 41.4 Å². The molecule has 1 aromatic heterocycles. The predicted octanol–water partition coefficient (Wildman–Crippen LogP) is -2.47. The molecule has 14 nitrogen and oxygen atoms in total. The zero-order valence-electron chi connectivity index (χ0n) is 21.1. The summed E-state index contributed by atoms with van der Waals surface area (Å²) in [6.45, 7) is 0.197. The van der Waals surface area contributed by atoms with Gasteiger partial charge in [-0.25, -0.2) is 15.1 Å². The number of rotatable bonds is 5. The first kappa shape index (κ1) is 24.9. The Morgan fingerprint density at radius 1 is 1.13 bits per heavy atom. The molecular formula is C25H30N10O4. The van der Waals surface area contributed by atoms with Crippen LogP contribution < -0.4 is 33.0 Å².